The van der Waals surface area contributed by atoms with Crippen molar-refractivity contribution in [1.29, 1.82) is 0 Å². The molecule has 0 aliphatic heterocycles. The molecule has 0 unspecified atom stereocenters. The lowest BCUT2D eigenvalue weighted by atomic mass is 9.99. The Hall–Kier alpha value is -2.55. The summed E-state index contributed by atoms with van der Waals surface area (Å²) in [6.07, 6.45) is 1.01. The Balaban J connectivity index is 1.74. The van der Waals surface area contributed by atoms with Gasteiger partial charge in [-0.2, -0.15) is 0 Å². The highest BCUT2D eigenvalue weighted by Crippen LogP contribution is 2.24. The zero-order valence-corrected chi connectivity index (χ0v) is 13.3. The van der Waals surface area contributed by atoms with Crippen molar-refractivity contribution >= 4 is 0 Å². The molecular weight excluding hydrogens is 309 g/mol. The monoisotopic (exact) mass is 326 g/mol. The van der Waals surface area contributed by atoms with Crippen molar-refractivity contribution in [2.24, 2.45) is 0 Å². The van der Waals surface area contributed by atoms with Crippen LogP contribution in [0.25, 0.3) is 11.1 Å². The van der Waals surface area contributed by atoms with E-state index in [9.17, 15) is 13.2 Å². The van der Waals surface area contributed by atoms with Gasteiger partial charge >= 0.3 is 0 Å². The molecule has 0 N–H and O–H groups in total. The van der Waals surface area contributed by atoms with E-state index in [1.165, 1.54) is 12.1 Å². The normalized spacial score (nSPS) is 10.8. The molecule has 3 rings (SSSR count). The van der Waals surface area contributed by atoms with Crippen molar-refractivity contribution in [3.63, 3.8) is 0 Å². The Morgan fingerprint density at radius 2 is 1.50 bits per heavy atom. The standard InChI is InChI=1S/C21H17F3/c1-14-5-12-18(20(23)13-14)16-9-6-15(7-10-16)8-11-17-3-2-4-19(22)21(17)24/h2-7,9-10,12-13H,8,11H2,1H3. The fourth-order valence-corrected chi connectivity index (χ4v) is 2.73. The Morgan fingerprint density at radius 3 is 2.21 bits per heavy atom. The van der Waals surface area contributed by atoms with Crippen molar-refractivity contribution in [2.45, 2.75) is 19.8 Å². The lowest BCUT2D eigenvalue weighted by Gasteiger charge is -2.07. The van der Waals surface area contributed by atoms with Crippen LogP contribution in [0.2, 0.25) is 0 Å². The van der Waals surface area contributed by atoms with Gasteiger partial charge in [-0.1, -0.05) is 48.5 Å². The van der Waals surface area contributed by atoms with Gasteiger partial charge in [-0.25, -0.2) is 13.2 Å². The van der Waals surface area contributed by atoms with Crippen LogP contribution in [0.5, 0.6) is 0 Å². The predicted octanol–water partition coefficient (Wildman–Crippen LogP) is 5.86. The topological polar surface area (TPSA) is 0 Å². The van der Waals surface area contributed by atoms with Crippen molar-refractivity contribution in [3.05, 3.63) is 94.8 Å². The molecular formula is C21H17F3. The van der Waals surface area contributed by atoms with Crippen LogP contribution in [0.1, 0.15) is 16.7 Å². The number of benzene rings is 3. The van der Waals surface area contributed by atoms with E-state index in [4.69, 9.17) is 0 Å². The molecule has 24 heavy (non-hydrogen) atoms. The van der Waals surface area contributed by atoms with Crippen LogP contribution in [0.4, 0.5) is 13.2 Å². The summed E-state index contributed by atoms with van der Waals surface area (Å²) in [5.41, 5.74) is 3.60. The van der Waals surface area contributed by atoms with E-state index in [1.54, 1.807) is 12.1 Å². The van der Waals surface area contributed by atoms with E-state index in [0.717, 1.165) is 22.8 Å². The predicted molar refractivity (Wildman–Crippen MR) is 90.3 cm³/mol. The van der Waals surface area contributed by atoms with Crippen LogP contribution in [0, 0.1) is 24.4 Å². The van der Waals surface area contributed by atoms with Crippen LogP contribution < -0.4 is 0 Å². The summed E-state index contributed by atoms with van der Waals surface area (Å²) >= 11 is 0. The molecule has 0 saturated heterocycles. The molecule has 0 nitrogen and oxygen atoms in total. The molecule has 0 heterocycles. The summed E-state index contributed by atoms with van der Waals surface area (Å²) in [6.45, 7) is 1.85. The fraction of sp³-hybridized carbons (Fsp3) is 0.143. The van der Waals surface area contributed by atoms with E-state index in [2.05, 4.69) is 0 Å². The average molecular weight is 326 g/mol. The molecule has 3 aromatic rings. The van der Waals surface area contributed by atoms with Crippen LogP contribution >= 0.6 is 0 Å². The maximum absolute atomic E-state index is 14.0. The van der Waals surface area contributed by atoms with E-state index in [0.29, 0.717) is 24.0 Å². The Labute approximate surface area is 139 Å². The number of hydrogen-bond acceptors (Lipinski definition) is 0. The van der Waals surface area contributed by atoms with Gasteiger partial charge in [0, 0.05) is 5.56 Å². The van der Waals surface area contributed by atoms with Crippen LogP contribution in [0.3, 0.4) is 0 Å². The first-order valence-electron chi connectivity index (χ1n) is 7.83. The minimum Gasteiger partial charge on any atom is -0.206 e. The van der Waals surface area contributed by atoms with E-state index >= 15 is 0 Å². The van der Waals surface area contributed by atoms with Gasteiger partial charge in [-0.15, -0.1) is 0 Å². The summed E-state index contributed by atoms with van der Waals surface area (Å²) in [7, 11) is 0. The summed E-state index contributed by atoms with van der Waals surface area (Å²) in [5.74, 6) is -1.85. The van der Waals surface area contributed by atoms with Crippen LogP contribution in [-0.4, -0.2) is 0 Å². The summed E-state index contributed by atoms with van der Waals surface area (Å²) < 4.78 is 40.9. The van der Waals surface area contributed by atoms with Crippen molar-refractivity contribution in [3.8, 4) is 11.1 Å². The van der Waals surface area contributed by atoms with Gasteiger partial charge in [0.2, 0.25) is 0 Å². The highest BCUT2D eigenvalue weighted by Gasteiger charge is 2.08. The molecule has 0 radical (unpaired) electrons. The zero-order chi connectivity index (χ0) is 17.1. The van der Waals surface area contributed by atoms with Crippen molar-refractivity contribution in [2.75, 3.05) is 0 Å². The molecule has 122 valence electrons. The maximum atomic E-state index is 14.0. The van der Waals surface area contributed by atoms with Crippen LogP contribution in [0.15, 0.2) is 60.7 Å². The average Bonchev–Trinajstić information content (AvgIpc) is 2.57. The summed E-state index contributed by atoms with van der Waals surface area (Å²) in [4.78, 5) is 0. The number of rotatable bonds is 4. The van der Waals surface area contributed by atoms with Crippen LogP contribution in [-0.2, 0) is 12.8 Å². The van der Waals surface area contributed by atoms with Gasteiger partial charge in [-0.3, -0.25) is 0 Å². The van der Waals surface area contributed by atoms with Gasteiger partial charge in [0.15, 0.2) is 11.6 Å². The minimum atomic E-state index is -0.822. The molecule has 0 amide bonds. The molecule has 0 fully saturated rings. The van der Waals surface area contributed by atoms with Gasteiger partial charge < -0.3 is 0 Å². The molecule has 3 heteroatoms. The first-order chi connectivity index (χ1) is 11.5. The Kier molecular flexibility index (Phi) is 4.70. The number of halogens is 3. The molecule has 0 aliphatic carbocycles. The molecule has 0 aromatic heterocycles. The first kappa shape index (κ1) is 16.3. The molecule has 0 saturated carbocycles. The summed E-state index contributed by atoms with van der Waals surface area (Å²) in [6, 6.07) is 16.9. The second-order valence-electron chi connectivity index (χ2n) is 5.89. The second-order valence-corrected chi connectivity index (χ2v) is 5.89. The fourth-order valence-electron chi connectivity index (χ4n) is 2.73. The number of aryl methyl sites for hydroxylation is 3. The van der Waals surface area contributed by atoms with E-state index in [-0.39, 0.29) is 5.82 Å². The minimum absolute atomic E-state index is 0.246. The number of hydrogen-bond donors (Lipinski definition) is 0. The highest BCUT2D eigenvalue weighted by atomic mass is 19.2. The molecule has 3 aromatic carbocycles. The SMILES string of the molecule is Cc1ccc(-c2ccc(CCc3cccc(F)c3F)cc2)c(F)c1. The Bertz CT molecular complexity index is 851. The van der Waals surface area contributed by atoms with Gasteiger partial charge in [0.1, 0.15) is 5.82 Å². The first-order valence-corrected chi connectivity index (χ1v) is 7.83. The molecule has 0 aliphatic rings. The van der Waals surface area contributed by atoms with E-state index < -0.39 is 11.6 Å². The van der Waals surface area contributed by atoms with E-state index in [1.807, 2.05) is 37.3 Å². The molecule has 0 bridgehead atoms. The third-order valence-electron chi connectivity index (χ3n) is 4.10. The largest absolute Gasteiger partial charge is 0.206 e. The summed E-state index contributed by atoms with van der Waals surface area (Å²) in [5, 5.41) is 0. The maximum Gasteiger partial charge on any atom is 0.162 e. The van der Waals surface area contributed by atoms with Gasteiger partial charge in [0.25, 0.3) is 0 Å². The third kappa shape index (κ3) is 3.51. The molecule has 0 atom stereocenters. The van der Waals surface area contributed by atoms with Crippen molar-refractivity contribution in [1.82, 2.24) is 0 Å². The highest BCUT2D eigenvalue weighted by molar-refractivity contribution is 5.64. The van der Waals surface area contributed by atoms with Crippen molar-refractivity contribution < 1.29 is 13.2 Å². The third-order valence-corrected chi connectivity index (χ3v) is 4.10. The second kappa shape index (κ2) is 6.91. The lowest BCUT2D eigenvalue weighted by molar-refractivity contribution is 0.498. The smallest absolute Gasteiger partial charge is 0.162 e. The lowest BCUT2D eigenvalue weighted by Crippen LogP contribution is -1.97. The zero-order valence-electron chi connectivity index (χ0n) is 13.3. The Morgan fingerprint density at radius 1 is 0.750 bits per heavy atom. The van der Waals surface area contributed by atoms with Gasteiger partial charge in [-0.05, 0) is 54.2 Å². The molecule has 0 spiro atoms. The van der Waals surface area contributed by atoms with Gasteiger partial charge in [0.05, 0.1) is 0 Å². The quantitative estimate of drug-likeness (QED) is 0.563.